The Balaban J connectivity index is 1.42. The lowest BCUT2D eigenvalue weighted by Gasteiger charge is -2.32. The van der Waals surface area contributed by atoms with Crippen molar-refractivity contribution in [3.8, 4) is 11.1 Å². The minimum absolute atomic E-state index is 0.0612. The zero-order valence-corrected chi connectivity index (χ0v) is 16.0. The van der Waals surface area contributed by atoms with Crippen molar-refractivity contribution in [1.29, 1.82) is 0 Å². The lowest BCUT2D eigenvalue weighted by atomic mass is 9.98. The number of hydrogen-bond acceptors (Lipinski definition) is 3. The van der Waals surface area contributed by atoms with E-state index in [-0.39, 0.29) is 31.2 Å². The molecule has 152 valence electrons. The molecule has 1 aliphatic heterocycles. The quantitative estimate of drug-likeness (QED) is 0.674. The standard InChI is InChI=1S/C24H19F2NO3/c25-21-10-9-14-11-15(28)12-27(23(14)22(21)26)24(29)30-13-20-18-7-3-1-5-16(18)17-6-2-4-8-19(17)20/h1-10,15,20,28H,11-13H2. The fourth-order valence-electron chi connectivity index (χ4n) is 4.49. The molecule has 0 fully saturated rings. The molecule has 1 unspecified atom stereocenters. The fourth-order valence-corrected chi connectivity index (χ4v) is 4.49. The van der Waals surface area contributed by atoms with Crippen molar-refractivity contribution in [2.24, 2.45) is 0 Å². The molecule has 1 amide bonds. The van der Waals surface area contributed by atoms with Crippen molar-refractivity contribution in [2.45, 2.75) is 18.4 Å². The van der Waals surface area contributed by atoms with Crippen molar-refractivity contribution in [2.75, 3.05) is 18.1 Å². The first-order valence-corrected chi connectivity index (χ1v) is 9.82. The van der Waals surface area contributed by atoms with E-state index in [9.17, 15) is 18.7 Å². The number of β-amino-alcohol motifs (C(OH)–C–C–N with tert-alkyl or cyclic N) is 1. The van der Waals surface area contributed by atoms with Gasteiger partial charge in [0.2, 0.25) is 0 Å². The molecule has 1 heterocycles. The Morgan fingerprint density at radius 1 is 1.00 bits per heavy atom. The first kappa shape index (κ1) is 18.8. The van der Waals surface area contributed by atoms with E-state index in [4.69, 9.17) is 4.74 Å². The van der Waals surface area contributed by atoms with E-state index in [0.29, 0.717) is 5.56 Å². The molecule has 30 heavy (non-hydrogen) atoms. The average Bonchev–Trinajstić information content (AvgIpc) is 3.08. The van der Waals surface area contributed by atoms with E-state index in [1.165, 1.54) is 6.07 Å². The molecule has 4 nitrogen and oxygen atoms in total. The summed E-state index contributed by atoms with van der Waals surface area (Å²) in [4.78, 5) is 13.8. The average molecular weight is 407 g/mol. The van der Waals surface area contributed by atoms with Crippen LogP contribution >= 0.6 is 0 Å². The lowest BCUT2D eigenvalue weighted by molar-refractivity contribution is 0.135. The van der Waals surface area contributed by atoms with Gasteiger partial charge in [0.25, 0.3) is 0 Å². The van der Waals surface area contributed by atoms with Gasteiger partial charge >= 0.3 is 6.09 Å². The highest BCUT2D eigenvalue weighted by atomic mass is 19.2. The van der Waals surface area contributed by atoms with Crippen LogP contribution in [0.15, 0.2) is 60.7 Å². The van der Waals surface area contributed by atoms with Crippen LogP contribution in [0, 0.1) is 11.6 Å². The van der Waals surface area contributed by atoms with Gasteiger partial charge in [-0.2, -0.15) is 0 Å². The molecule has 0 saturated heterocycles. The number of carbonyl (C=O) groups is 1. The van der Waals surface area contributed by atoms with E-state index in [1.54, 1.807) is 0 Å². The largest absolute Gasteiger partial charge is 0.448 e. The van der Waals surface area contributed by atoms with Gasteiger partial charge in [-0.1, -0.05) is 54.6 Å². The minimum Gasteiger partial charge on any atom is -0.448 e. The number of halogens is 2. The summed E-state index contributed by atoms with van der Waals surface area (Å²) >= 11 is 0. The van der Waals surface area contributed by atoms with Gasteiger partial charge in [0.05, 0.1) is 18.3 Å². The third-order valence-electron chi connectivity index (χ3n) is 5.83. The molecule has 0 radical (unpaired) electrons. The van der Waals surface area contributed by atoms with Crippen molar-refractivity contribution < 1.29 is 23.4 Å². The van der Waals surface area contributed by atoms with Gasteiger partial charge in [-0.15, -0.1) is 0 Å². The Hall–Kier alpha value is -3.25. The van der Waals surface area contributed by atoms with Gasteiger partial charge in [0.1, 0.15) is 6.61 Å². The maximum atomic E-state index is 14.5. The van der Waals surface area contributed by atoms with E-state index in [2.05, 4.69) is 0 Å². The second kappa shape index (κ2) is 7.22. The van der Waals surface area contributed by atoms with Gasteiger partial charge < -0.3 is 9.84 Å². The smallest absolute Gasteiger partial charge is 0.414 e. The maximum Gasteiger partial charge on any atom is 0.414 e. The monoisotopic (exact) mass is 407 g/mol. The number of anilines is 1. The van der Waals surface area contributed by atoms with Gasteiger partial charge in [-0.3, -0.25) is 4.90 Å². The number of hydrogen-bond donors (Lipinski definition) is 1. The predicted octanol–water partition coefficient (Wildman–Crippen LogP) is 4.64. The number of benzene rings is 3. The lowest BCUT2D eigenvalue weighted by Crippen LogP contribution is -2.43. The predicted molar refractivity (Wildman–Crippen MR) is 108 cm³/mol. The van der Waals surface area contributed by atoms with E-state index < -0.39 is 23.8 Å². The Kier molecular flexibility index (Phi) is 4.51. The number of aliphatic hydroxyl groups excluding tert-OH is 1. The third kappa shape index (κ3) is 2.95. The van der Waals surface area contributed by atoms with Gasteiger partial charge in [-0.05, 0) is 33.9 Å². The van der Waals surface area contributed by atoms with Gasteiger partial charge in [-0.25, -0.2) is 13.6 Å². The molecule has 0 spiro atoms. The normalized spacial score (nSPS) is 17.3. The van der Waals surface area contributed by atoms with E-state index >= 15 is 0 Å². The number of nitrogens with zero attached hydrogens (tertiary/aromatic N) is 1. The summed E-state index contributed by atoms with van der Waals surface area (Å²) in [5.41, 5.74) is 4.53. The van der Waals surface area contributed by atoms with Crippen LogP contribution in [0.25, 0.3) is 11.1 Å². The molecular formula is C24H19F2NO3. The molecular weight excluding hydrogens is 388 g/mol. The first-order chi connectivity index (χ1) is 14.5. The summed E-state index contributed by atoms with van der Waals surface area (Å²) in [7, 11) is 0. The molecule has 0 aromatic heterocycles. The molecule has 0 bridgehead atoms. The summed E-state index contributed by atoms with van der Waals surface area (Å²) < 4.78 is 33.8. The molecule has 0 saturated carbocycles. The highest BCUT2D eigenvalue weighted by molar-refractivity contribution is 5.90. The van der Waals surface area contributed by atoms with Crippen LogP contribution < -0.4 is 4.90 Å². The Labute approximate surface area is 172 Å². The second-order valence-corrected chi connectivity index (χ2v) is 7.64. The number of fused-ring (bicyclic) bond motifs is 4. The molecule has 1 N–H and O–H groups in total. The number of ether oxygens (including phenoxy) is 1. The molecule has 6 heteroatoms. The van der Waals surface area contributed by atoms with Crippen LogP contribution in [0.3, 0.4) is 0 Å². The van der Waals surface area contributed by atoms with Crippen LogP contribution in [-0.4, -0.2) is 30.5 Å². The van der Waals surface area contributed by atoms with Gasteiger partial charge in [0.15, 0.2) is 11.6 Å². The van der Waals surface area contributed by atoms with Crippen molar-refractivity contribution >= 4 is 11.8 Å². The van der Waals surface area contributed by atoms with E-state index in [0.717, 1.165) is 33.2 Å². The summed E-state index contributed by atoms with van der Waals surface area (Å²) in [6.45, 7) is -0.0875. The highest BCUT2D eigenvalue weighted by Crippen LogP contribution is 2.44. The van der Waals surface area contributed by atoms with Crippen molar-refractivity contribution in [1.82, 2.24) is 0 Å². The molecule has 1 aliphatic carbocycles. The summed E-state index contributed by atoms with van der Waals surface area (Å²) in [6.07, 6.45) is -1.52. The first-order valence-electron chi connectivity index (χ1n) is 9.82. The van der Waals surface area contributed by atoms with Crippen LogP contribution in [-0.2, 0) is 11.2 Å². The molecule has 3 aromatic carbocycles. The van der Waals surface area contributed by atoms with Crippen molar-refractivity contribution in [3.63, 3.8) is 0 Å². The van der Waals surface area contributed by atoms with Crippen molar-refractivity contribution in [3.05, 3.63) is 89.0 Å². The topological polar surface area (TPSA) is 49.8 Å². The van der Waals surface area contributed by atoms with E-state index in [1.807, 2.05) is 48.5 Å². The van der Waals surface area contributed by atoms with Crippen LogP contribution in [0.4, 0.5) is 19.3 Å². The molecule has 1 atom stereocenters. The highest BCUT2D eigenvalue weighted by Gasteiger charge is 2.34. The Morgan fingerprint density at radius 2 is 1.63 bits per heavy atom. The third-order valence-corrected chi connectivity index (χ3v) is 5.83. The number of carbonyl (C=O) groups excluding carboxylic acids is 1. The number of aliphatic hydroxyl groups is 1. The van der Waals surface area contributed by atoms with Crippen LogP contribution in [0.2, 0.25) is 0 Å². The Morgan fingerprint density at radius 3 is 2.30 bits per heavy atom. The fraction of sp³-hybridized carbons (Fsp3) is 0.208. The molecule has 3 aromatic rings. The molecule has 5 rings (SSSR count). The molecule has 2 aliphatic rings. The number of rotatable bonds is 2. The van der Waals surface area contributed by atoms with Gasteiger partial charge in [0, 0.05) is 12.3 Å². The SMILES string of the molecule is O=C(OCC1c2ccccc2-c2ccccc21)N1CC(O)Cc2ccc(F)c(F)c21. The summed E-state index contributed by atoms with van der Waals surface area (Å²) in [6, 6.07) is 18.3. The number of amides is 1. The summed E-state index contributed by atoms with van der Waals surface area (Å²) in [5.74, 6) is -2.29. The minimum atomic E-state index is -1.10. The summed E-state index contributed by atoms with van der Waals surface area (Å²) in [5, 5.41) is 10.1. The zero-order chi connectivity index (χ0) is 20.8. The van der Waals surface area contributed by atoms with Crippen LogP contribution in [0.1, 0.15) is 22.6 Å². The van der Waals surface area contributed by atoms with Crippen LogP contribution in [0.5, 0.6) is 0 Å². The zero-order valence-electron chi connectivity index (χ0n) is 16.0. The Bertz CT molecular complexity index is 1100. The maximum absolute atomic E-state index is 14.5. The second-order valence-electron chi connectivity index (χ2n) is 7.64.